The molecular weight excluding hydrogens is 253 g/mol. The Bertz CT molecular complexity index is 552. The highest BCUT2D eigenvalue weighted by molar-refractivity contribution is 7.90. The van der Waals surface area contributed by atoms with Gasteiger partial charge in [0.25, 0.3) is 0 Å². The number of rotatable bonds is 5. The van der Waals surface area contributed by atoms with E-state index < -0.39 is 15.7 Å². The van der Waals surface area contributed by atoms with Crippen LogP contribution < -0.4 is 5.32 Å². The third-order valence-corrected chi connectivity index (χ3v) is 3.70. The van der Waals surface area contributed by atoms with Crippen LogP contribution in [0, 0.1) is 5.82 Å². The molecule has 3 nitrogen and oxygen atoms in total. The Labute approximate surface area is 108 Å². The quantitative estimate of drug-likeness (QED) is 0.837. The Morgan fingerprint density at radius 1 is 1.50 bits per heavy atom. The number of halogens is 1. The molecule has 1 aromatic rings. The monoisotopic (exact) mass is 271 g/mol. The Kier molecular flexibility index (Phi) is 4.65. The van der Waals surface area contributed by atoms with Crippen molar-refractivity contribution in [3.05, 3.63) is 41.7 Å². The fourth-order valence-electron chi connectivity index (χ4n) is 1.53. The fraction of sp³-hybridized carbons (Fsp3) is 0.385. The molecule has 0 unspecified atom stereocenters. The normalized spacial score (nSPS) is 13.3. The van der Waals surface area contributed by atoms with Crippen molar-refractivity contribution < 1.29 is 12.8 Å². The van der Waals surface area contributed by atoms with Gasteiger partial charge >= 0.3 is 0 Å². The molecule has 0 bridgehead atoms. The van der Waals surface area contributed by atoms with Crippen LogP contribution in [0.2, 0.25) is 0 Å². The van der Waals surface area contributed by atoms with Crippen LogP contribution >= 0.6 is 0 Å². The number of nitrogens with one attached hydrogen (secondary N) is 1. The summed E-state index contributed by atoms with van der Waals surface area (Å²) in [6.45, 7) is 8.19. The van der Waals surface area contributed by atoms with Crippen LogP contribution in [0.4, 0.5) is 4.39 Å². The Balaban J connectivity index is 2.94. The highest BCUT2D eigenvalue weighted by Crippen LogP contribution is 2.20. The standard InChI is InChI=1S/C13H18FNO2S/c1-9(2)8-15-10(3)11-5-6-13(12(14)7-11)18(4,16)17/h5-7,10,15H,1,8H2,2-4H3/t10-/m0/s1. The van der Waals surface area contributed by atoms with Crippen molar-refractivity contribution in [2.75, 3.05) is 12.8 Å². The molecule has 0 aliphatic carbocycles. The molecule has 0 saturated carbocycles. The van der Waals surface area contributed by atoms with Gasteiger partial charge in [0.15, 0.2) is 9.84 Å². The topological polar surface area (TPSA) is 46.2 Å². The predicted molar refractivity (Wildman–Crippen MR) is 70.7 cm³/mol. The average Bonchev–Trinajstić information content (AvgIpc) is 2.23. The van der Waals surface area contributed by atoms with E-state index in [4.69, 9.17) is 0 Å². The summed E-state index contributed by atoms with van der Waals surface area (Å²) in [4.78, 5) is -0.265. The van der Waals surface area contributed by atoms with Gasteiger partial charge in [-0.05, 0) is 31.5 Å². The molecule has 1 aromatic carbocycles. The lowest BCUT2D eigenvalue weighted by molar-refractivity contribution is 0.559. The highest BCUT2D eigenvalue weighted by atomic mass is 32.2. The molecule has 1 atom stereocenters. The van der Waals surface area contributed by atoms with E-state index in [0.29, 0.717) is 12.1 Å². The van der Waals surface area contributed by atoms with Gasteiger partial charge < -0.3 is 5.32 Å². The fourth-order valence-corrected chi connectivity index (χ4v) is 2.26. The summed E-state index contributed by atoms with van der Waals surface area (Å²) in [5.74, 6) is -0.709. The average molecular weight is 271 g/mol. The van der Waals surface area contributed by atoms with Crippen LogP contribution in [0.5, 0.6) is 0 Å². The number of sulfone groups is 1. The first-order chi connectivity index (χ1) is 8.21. The third-order valence-electron chi connectivity index (χ3n) is 2.57. The van der Waals surface area contributed by atoms with Crippen LogP contribution in [-0.4, -0.2) is 21.2 Å². The molecule has 0 heterocycles. The van der Waals surface area contributed by atoms with Gasteiger partial charge in [0.2, 0.25) is 0 Å². The summed E-state index contributed by atoms with van der Waals surface area (Å²) in [5, 5.41) is 3.17. The van der Waals surface area contributed by atoms with Gasteiger partial charge in [-0.2, -0.15) is 0 Å². The van der Waals surface area contributed by atoms with Crippen molar-refractivity contribution in [1.82, 2.24) is 5.32 Å². The van der Waals surface area contributed by atoms with Gasteiger partial charge in [0, 0.05) is 18.8 Å². The minimum absolute atomic E-state index is 0.0650. The molecule has 1 N–H and O–H groups in total. The molecule has 0 spiro atoms. The van der Waals surface area contributed by atoms with Gasteiger partial charge in [0.1, 0.15) is 10.7 Å². The van der Waals surface area contributed by atoms with Crippen molar-refractivity contribution in [3.63, 3.8) is 0 Å². The maximum Gasteiger partial charge on any atom is 0.178 e. The van der Waals surface area contributed by atoms with E-state index in [1.807, 2.05) is 13.8 Å². The molecule has 0 aromatic heterocycles. The van der Waals surface area contributed by atoms with E-state index in [1.54, 1.807) is 6.07 Å². The second-order valence-corrected chi connectivity index (χ2v) is 6.51. The van der Waals surface area contributed by atoms with E-state index >= 15 is 0 Å². The summed E-state index contributed by atoms with van der Waals surface area (Å²) >= 11 is 0. The summed E-state index contributed by atoms with van der Waals surface area (Å²) in [5.41, 5.74) is 1.69. The second-order valence-electron chi connectivity index (χ2n) is 4.52. The molecule has 0 radical (unpaired) electrons. The van der Waals surface area contributed by atoms with E-state index in [9.17, 15) is 12.8 Å². The van der Waals surface area contributed by atoms with Gasteiger partial charge in [-0.1, -0.05) is 18.2 Å². The SMILES string of the molecule is C=C(C)CN[C@@H](C)c1ccc(S(C)(=O)=O)c(F)c1. The molecule has 0 fully saturated rings. The molecule has 0 amide bonds. The van der Waals surface area contributed by atoms with Gasteiger partial charge in [0.05, 0.1) is 0 Å². The van der Waals surface area contributed by atoms with Crippen molar-refractivity contribution >= 4 is 9.84 Å². The minimum Gasteiger partial charge on any atom is -0.306 e. The van der Waals surface area contributed by atoms with Crippen molar-refractivity contribution in [2.24, 2.45) is 0 Å². The maximum absolute atomic E-state index is 13.7. The third kappa shape index (κ3) is 3.92. The first-order valence-electron chi connectivity index (χ1n) is 5.59. The zero-order chi connectivity index (χ0) is 13.9. The summed E-state index contributed by atoms with van der Waals surface area (Å²) in [6, 6.07) is 4.12. The van der Waals surface area contributed by atoms with Crippen LogP contribution in [0.3, 0.4) is 0 Å². The molecule has 100 valence electrons. The van der Waals surface area contributed by atoms with E-state index in [0.717, 1.165) is 11.8 Å². The smallest absolute Gasteiger partial charge is 0.178 e. The van der Waals surface area contributed by atoms with Crippen LogP contribution in [0.15, 0.2) is 35.2 Å². The Morgan fingerprint density at radius 3 is 2.56 bits per heavy atom. The zero-order valence-corrected chi connectivity index (χ0v) is 11.6. The van der Waals surface area contributed by atoms with Gasteiger partial charge in [-0.3, -0.25) is 0 Å². The minimum atomic E-state index is -3.51. The summed E-state index contributed by atoms with van der Waals surface area (Å²) < 4.78 is 36.2. The van der Waals surface area contributed by atoms with Crippen LogP contribution in [0.1, 0.15) is 25.5 Å². The first-order valence-corrected chi connectivity index (χ1v) is 7.48. The number of hydrogen-bond acceptors (Lipinski definition) is 3. The molecular formula is C13H18FNO2S. The molecule has 18 heavy (non-hydrogen) atoms. The van der Waals surface area contributed by atoms with Gasteiger partial charge in [-0.25, -0.2) is 12.8 Å². The van der Waals surface area contributed by atoms with Crippen LogP contribution in [-0.2, 0) is 9.84 Å². The predicted octanol–water partition coefficient (Wildman–Crippen LogP) is 2.46. The Hall–Kier alpha value is -1.20. The molecule has 0 saturated heterocycles. The lowest BCUT2D eigenvalue weighted by atomic mass is 10.1. The lowest BCUT2D eigenvalue weighted by Crippen LogP contribution is -2.20. The lowest BCUT2D eigenvalue weighted by Gasteiger charge is -2.15. The summed E-state index contributed by atoms with van der Waals surface area (Å²) in [6.07, 6.45) is 0.994. The van der Waals surface area contributed by atoms with Gasteiger partial charge in [-0.15, -0.1) is 0 Å². The first kappa shape index (κ1) is 14.9. The van der Waals surface area contributed by atoms with Crippen LogP contribution in [0.25, 0.3) is 0 Å². The maximum atomic E-state index is 13.7. The van der Waals surface area contributed by atoms with Crippen molar-refractivity contribution in [3.8, 4) is 0 Å². The largest absolute Gasteiger partial charge is 0.306 e. The van der Waals surface area contributed by atoms with Crippen molar-refractivity contribution in [2.45, 2.75) is 24.8 Å². The molecule has 5 heteroatoms. The van der Waals surface area contributed by atoms with Crippen molar-refractivity contribution in [1.29, 1.82) is 0 Å². The molecule has 1 rings (SSSR count). The van der Waals surface area contributed by atoms with E-state index in [-0.39, 0.29) is 10.9 Å². The Morgan fingerprint density at radius 2 is 2.11 bits per heavy atom. The molecule has 0 aliphatic heterocycles. The number of hydrogen-bond donors (Lipinski definition) is 1. The zero-order valence-electron chi connectivity index (χ0n) is 10.8. The van der Waals surface area contributed by atoms with E-state index in [2.05, 4.69) is 11.9 Å². The van der Waals surface area contributed by atoms with E-state index in [1.165, 1.54) is 12.1 Å². The summed E-state index contributed by atoms with van der Waals surface area (Å²) in [7, 11) is -3.51. The second kappa shape index (κ2) is 5.63. The molecule has 0 aliphatic rings. The highest BCUT2D eigenvalue weighted by Gasteiger charge is 2.15. The number of benzene rings is 1.